The number of carbonyl (C=O) groups excluding carboxylic acids is 3. The van der Waals surface area contributed by atoms with Gasteiger partial charge in [-0.1, -0.05) is 31.4 Å². The zero-order valence-electron chi connectivity index (χ0n) is 18.4. The lowest BCUT2D eigenvalue weighted by Crippen LogP contribution is -2.33. The summed E-state index contributed by atoms with van der Waals surface area (Å²) in [6.45, 7) is 6.86. The standard InChI is InChI=1S/C26H12Br4O7/c1-3-17(31)34-23-15(27)9-13-21(19(23)29)36-22-14(10-16(28)24(20(22)30)35-18(32)4-2)26(13)12-8-6-5-7-11(12)25(33)37-26/h3-10H,1-2H2. The molecule has 0 saturated carbocycles. The number of ether oxygens (including phenoxy) is 4. The van der Waals surface area contributed by atoms with E-state index >= 15 is 0 Å². The van der Waals surface area contributed by atoms with Crippen LogP contribution in [0.25, 0.3) is 0 Å². The average molecular weight is 756 g/mol. The summed E-state index contributed by atoms with van der Waals surface area (Å²) < 4.78 is 24.7. The third-order valence-corrected chi connectivity index (χ3v) is 8.35. The molecule has 0 fully saturated rings. The van der Waals surface area contributed by atoms with Crippen molar-refractivity contribution in [1.29, 1.82) is 0 Å². The number of esters is 3. The summed E-state index contributed by atoms with van der Waals surface area (Å²) in [5, 5.41) is 0. The van der Waals surface area contributed by atoms with Gasteiger partial charge in [0.1, 0.15) is 8.95 Å². The first-order valence-corrected chi connectivity index (χ1v) is 13.5. The Morgan fingerprint density at radius 2 is 1.30 bits per heavy atom. The lowest BCUT2D eigenvalue weighted by molar-refractivity contribution is -0.129. The van der Waals surface area contributed by atoms with Gasteiger partial charge in [0, 0.05) is 17.7 Å². The highest BCUT2D eigenvalue weighted by atomic mass is 79.9. The number of carbonyl (C=O) groups is 3. The van der Waals surface area contributed by atoms with E-state index in [0.29, 0.717) is 31.2 Å². The Balaban J connectivity index is 1.87. The number of fused-ring (bicyclic) bond motifs is 6. The largest absolute Gasteiger partial charge is 0.454 e. The van der Waals surface area contributed by atoms with E-state index in [2.05, 4.69) is 76.9 Å². The van der Waals surface area contributed by atoms with Gasteiger partial charge in [-0.05, 0) is 81.9 Å². The molecule has 0 N–H and O–H groups in total. The molecule has 0 bridgehead atoms. The van der Waals surface area contributed by atoms with Crippen molar-refractivity contribution >= 4 is 81.6 Å². The summed E-state index contributed by atoms with van der Waals surface area (Å²) in [5.74, 6) is -1.20. The Morgan fingerprint density at radius 3 is 1.78 bits per heavy atom. The number of hydrogen-bond donors (Lipinski definition) is 0. The molecule has 3 aromatic carbocycles. The second kappa shape index (κ2) is 9.54. The monoisotopic (exact) mass is 752 g/mol. The predicted molar refractivity (Wildman–Crippen MR) is 147 cm³/mol. The number of benzene rings is 3. The first-order chi connectivity index (χ1) is 17.6. The van der Waals surface area contributed by atoms with Crippen molar-refractivity contribution in [2.24, 2.45) is 0 Å². The summed E-state index contributed by atoms with van der Waals surface area (Å²) in [6.07, 6.45) is 2.05. The minimum absolute atomic E-state index is 0.131. The third kappa shape index (κ3) is 3.91. The van der Waals surface area contributed by atoms with Gasteiger partial charge in [-0.2, -0.15) is 0 Å². The second-order valence-electron chi connectivity index (χ2n) is 7.73. The maximum atomic E-state index is 13.1. The van der Waals surface area contributed by atoms with E-state index in [-0.39, 0.29) is 31.9 Å². The molecule has 0 radical (unpaired) electrons. The van der Waals surface area contributed by atoms with E-state index in [1.165, 1.54) is 0 Å². The molecule has 37 heavy (non-hydrogen) atoms. The van der Waals surface area contributed by atoms with E-state index < -0.39 is 23.5 Å². The molecule has 2 heterocycles. The van der Waals surface area contributed by atoms with Crippen LogP contribution >= 0.6 is 63.7 Å². The molecular formula is C26H12Br4O7. The molecule has 0 aromatic heterocycles. The fourth-order valence-electron chi connectivity index (χ4n) is 4.23. The lowest BCUT2D eigenvalue weighted by Gasteiger charge is -2.38. The Labute approximate surface area is 243 Å². The maximum absolute atomic E-state index is 13.1. The molecular weight excluding hydrogens is 744 g/mol. The maximum Gasteiger partial charge on any atom is 0.340 e. The molecule has 0 saturated heterocycles. The molecule has 186 valence electrons. The van der Waals surface area contributed by atoms with Crippen molar-refractivity contribution in [3.8, 4) is 23.0 Å². The Kier molecular flexibility index (Phi) is 6.68. The Hall–Kier alpha value is -2.73. The summed E-state index contributed by atoms with van der Waals surface area (Å²) in [6, 6.07) is 10.3. The number of hydrogen-bond acceptors (Lipinski definition) is 7. The van der Waals surface area contributed by atoms with Gasteiger partial charge < -0.3 is 18.9 Å². The van der Waals surface area contributed by atoms with Crippen LogP contribution in [0, 0.1) is 0 Å². The Bertz CT molecular complexity index is 1490. The molecule has 1 spiro atoms. The van der Waals surface area contributed by atoms with Crippen LogP contribution in [0.1, 0.15) is 27.0 Å². The fraction of sp³-hybridized carbons (Fsp3) is 0.0385. The summed E-state index contributed by atoms with van der Waals surface area (Å²) in [5.41, 5.74) is 0.435. The van der Waals surface area contributed by atoms with Crippen LogP contribution < -0.4 is 14.2 Å². The minimum Gasteiger partial charge on any atom is -0.454 e. The van der Waals surface area contributed by atoms with E-state index in [9.17, 15) is 14.4 Å². The Morgan fingerprint density at radius 1 is 0.811 bits per heavy atom. The van der Waals surface area contributed by atoms with Gasteiger partial charge in [0.2, 0.25) is 0 Å². The first-order valence-electron chi connectivity index (χ1n) is 10.4. The summed E-state index contributed by atoms with van der Waals surface area (Å²) >= 11 is 13.9. The van der Waals surface area contributed by atoms with Gasteiger partial charge in [-0.15, -0.1) is 0 Å². The van der Waals surface area contributed by atoms with E-state index in [1.54, 1.807) is 36.4 Å². The van der Waals surface area contributed by atoms with Crippen LogP contribution in [0.2, 0.25) is 0 Å². The van der Waals surface area contributed by atoms with Crippen molar-refractivity contribution in [3.63, 3.8) is 0 Å². The van der Waals surface area contributed by atoms with Crippen LogP contribution in [0.3, 0.4) is 0 Å². The van der Waals surface area contributed by atoms with Crippen molar-refractivity contribution in [3.05, 3.63) is 102 Å². The molecule has 11 heteroatoms. The van der Waals surface area contributed by atoms with Gasteiger partial charge >= 0.3 is 17.9 Å². The van der Waals surface area contributed by atoms with Gasteiger partial charge in [-0.3, -0.25) is 0 Å². The lowest BCUT2D eigenvalue weighted by atomic mass is 9.77. The summed E-state index contributed by atoms with van der Waals surface area (Å²) in [4.78, 5) is 37.2. The molecule has 0 unspecified atom stereocenters. The summed E-state index contributed by atoms with van der Waals surface area (Å²) in [7, 11) is 0. The molecule has 7 nitrogen and oxygen atoms in total. The zero-order valence-corrected chi connectivity index (χ0v) is 24.7. The van der Waals surface area contributed by atoms with Gasteiger partial charge in [0.25, 0.3) is 0 Å². The van der Waals surface area contributed by atoms with E-state index in [4.69, 9.17) is 18.9 Å². The molecule has 3 aromatic rings. The smallest absolute Gasteiger partial charge is 0.340 e. The number of rotatable bonds is 4. The van der Waals surface area contributed by atoms with Crippen LogP contribution in [0.5, 0.6) is 23.0 Å². The van der Waals surface area contributed by atoms with Crippen LogP contribution in [-0.2, 0) is 19.9 Å². The van der Waals surface area contributed by atoms with Crippen molar-refractivity contribution in [2.45, 2.75) is 5.60 Å². The predicted octanol–water partition coefficient (Wildman–Crippen LogP) is 7.49. The normalized spacial score (nSPS) is 14.0. The molecule has 0 aliphatic carbocycles. The molecule has 2 aliphatic heterocycles. The van der Waals surface area contributed by atoms with Crippen LogP contribution in [-0.4, -0.2) is 17.9 Å². The topological polar surface area (TPSA) is 88.1 Å². The third-order valence-electron chi connectivity index (χ3n) is 5.74. The van der Waals surface area contributed by atoms with Crippen LogP contribution in [0.4, 0.5) is 0 Å². The van der Waals surface area contributed by atoms with Crippen molar-refractivity contribution in [1.82, 2.24) is 0 Å². The number of halogens is 4. The van der Waals surface area contributed by atoms with Gasteiger partial charge in [-0.25, -0.2) is 14.4 Å². The quantitative estimate of drug-likeness (QED) is 0.155. The minimum atomic E-state index is -1.45. The van der Waals surface area contributed by atoms with E-state index in [1.807, 2.05) is 0 Å². The highest BCUT2D eigenvalue weighted by Crippen LogP contribution is 2.62. The molecule has 0 amide bonds. The SMILES string of the molecule is C=CC(=O)Oc1c(Br)cc2c(c1Br)Oc1c(cc(Br)c(OC(=O)C=C)c1Br)C21OC(=O)c2ccccc21. The highest BCUT2D eigenvalue weighted by molar-refractivity contribution is 9.11. The van der Waals surface area contributed by atoms with Crippen molar-refractivity contribution < 1.29 is 33.3 Å². The highest BCUT2D eigenvalue weighted by Gasteiger charge is 2.55. The molecule has 5 rings (SSSR count). The average Bonchev–Trinajstić information content (AvgIpc) is 3.18. The van der Waals surface area contributed by atoms with E-state index in [0.717, 1.165) is 12.2 Å². The molecule has 0 atom stereocenters. The zero-order chi connectivity index (χ0) is 26.6. The van der Waals surface area contributed by atoms with Crippen molar-refractivity contribution in [2.75, 3.05) is 0 Å². The molecule has 2 aliphatic rings. The fourth-order valence-corrected chi connectivity index (χ4v) is 6.95. The first kappa shape index (κ1) is 25.9. The van der Waals surface area contributed by atoms with Gasteiger partial charge in [0.05, 0.1) is 25.6 Å². The van der Waals surface area contributed by atoms with Crippen LogP contribution in [0.15, 0.2) is 79.6 Å². The second-order valence-corrected chi connectivity index (χ2v) is 11.0. The van der Waals surface area contributed by atoms with Gasteiger partial charge in [0.15, 0.2) is 28.6 Å².